The second-order valence-corrected chi connectivity index (χ2v) is 11.5. The number of rotatable bonds is 11. The zero-order valence-electron chi connectivity index (χ0n) is 20.2. The average molecular weight is 488 g/mol. The maximum absolute atomic E-state index is 13.8. The first-order chi connectivity index (χ1) is 16.4. The molecule has 4 rings (SSSR count). The average Bonchev–Trinajstić information content (AvgIpc) is 3.45. The SMILES string of the molecule is CCCC(C)NC(=O)C1N(CCCCCO)C(=O)[C@@H]2[C@@H](C(=O)Nc3ccccc3)[C@H]3CCC12S3. The Labute approximate surface area is 206 Å². The Balaban J connectivity index is 1.60. The van der Waals surface area contributed by atoms with Gasteiger partial charge in [0, 0.05) is 30.1 Å². The molecule has 186 valence electrons. The zero-order valence-corrected chi connectivity index (χ0v) is 21.0. The maximum Gasteiger partial charge on any atom is 0.244 e. The van der Waals surface area contributed by atoms with Gasteiger partial charge in [-0.15, -0.1) is 11.8 Å². The fourth-order valence-corrected chi connectivity index (χ4v) is 8.36. The Bertz CT molecular complexity index is 897. The van der Waals surface area contributed by atoms with Crippen LogP contribution < -0.4 is 10.6 Å². The fraction of sp³-hybridized carbons (Fsp3) is 0.654. The van der Waals surface area contributed by atoms with Crippen molar-refractivity contribution in [1.82, 2.24) is 10.2 Å². The van der Waals surface area contributed by atoms with Crippen LogP contribution in [0.15, 0.2) is 30.3 Å². The van der Waals surface area contributed by atoms with Crippen LogP contribution in [0.3, 0.4) is 0 Å². The van der Waals surface area contributed by atoms with E-state index in [4.69, 9.17) is 5.11 Å². The van der Waals surface area contributed by atoms with Crippen molar-refractivity contribution in [1.29, 1.82) is 0 Å². The lowest BCUT2D eigenvalue weighted by molar-refractivity contribution is -0.139. The van der Waals surface area contributed by atoms with Gasteiger partial charge in [0.2, 0.25) is 17.7 Å². The summed E-state index contributed by atoms with van der Waals surface area (Å²) in [4.78, 5) is 42.6. The van der Waals surface area contributed by atoms with Crippen LogP contribution in [-0.4, -0.2) is 63.0 Å². The van der Waals surface area contributed by atoms with Crippen molar-refractivity contribution in [3.05, 3.63) is 30.3 Å². The van der Waals surface area contributed by atoms with Gasteiger partial charge in [0.1, 0.15) is 6.04 Å². The van der Waals surface area contributed by atoms with E-state index in [9.17, 15) is 14.4 Å². The van der Waals surface area contributed by atoms with Gasteiger partial charge in [-0.2, -0.15) is 0 Å². The van der Waals surface area contributed by atoms with Crippen LogP contribution in [0.25, 0.3) is 0 Å². The number of aliphatic hydroxyl groups is 1. The molecule has 3 aliphatic rings. The lowest BCUT2D eigenvalue weighted by Crippen LogP contribution is -2.55. The van der Waals surface area contributed by atoms with Crippen molar-refractivity contribution < 1.29 is 19.5 Å². The second-order valence-electron chi connectivity index (χ2n) is 9.93. The van der Waals surface area contributed by atoms with Gasteiger partial charge in [-0.3, -0.25) is 14.4 Å². The summed E-state index contributed by atoms with van der Waals surface area (Å²) in [5.74, 6) is -1.18. The number of fused-ring (bicyclic) bond motifs is 1. The summed E-state index contributed by atoms with van der Waals surface area (Å²) in [7, 11) is 0. The molecule has 1 aromatic carbocycles. The molecule has 1 spiro atoms. The highest BCUT2D eigenvalue weighted by molar-refractivity contribution is 8.02. The second kappa shape index (κ2) is 10.7. The number of hydrogen-bond donors (Lipinski definition) is 3. The van der Waals surface area contributed by atoms with E-state index in [1.54, 1.807) is 16.7 Å². The van der Waals surface area contributed by atoms with Gasteiger partial charge >= 0.3 is 0 Å². The summed E-state index contributed by atoms with van der Waals surface area (Å²) in [6.45, 7) is 4.70. The third-order valence-corrected chi connectivity index (χ3v) is 9.51. The molecule has 8 heteroatoms. The number of hydrogen-bond acceptors (Lipinski definition) is 5. The Morgan fingerprint density at radius 2 is 1.97 bits per heavy atom. The van der Waals surface area contributed by atoms with Crippen LogP contribution >= 0.6 is 11.8 Å². The molecule has 3 unspecified atom stereocenters. The number of unbranched alkanes of at least 4 members (excludes halogenated alkanes) is 2. The van der Waals surface area contributed by atoms with Crippen molar-refractivity contribution in [2.75, 3.05) is 18.5 Å². The summed E-state index contributed by atoms with van der Waals surface area (Å²) in [5, 5.41) is 15.4. The number of aliphatic hydroxyl groups excluding tert-OH is 1. The molecule has 1 aromatic rings. The Hall–Kier alpha value is -2.06. The number of carbonyl (C=O) groups is 3. The van der Waals surface area contributed by atoms with E-state index in [-0.39, 0.29) is 35.6 Å². The molecule has 0 radical (unpaired) electrons. The maximum atomic E-state index is 13.8. The Kier molecular flexibility index (Phi) is 7.87. The number of benzene rings is 1. The smallest absolute Gasteiger partial charge is 0.244 e. The number of nitrogens with zero attached hydrogens (tertiary/aromatic N) is 1. The predicted molar refractivity (Wildman–Crippen MR) is 134 cm³/mol. The first-order valence-corrected chi connectivity index (χ1v) is 13.6. The van der Waals surface area contributed by atoms with Crippen molar-refractivity contribution in [2.24, 2.45) is 11.8 Å². The van der Waals surface area contributed by atoms with Gasteiger partial charge in [-0.1, -0.05) is 31.5 Å². The molecule has 7 nitrogen and oxygen atoms in total. The molecular formula is C26H37N3O4S. The molecule has 0 saturated carbocycles. The van der Waals surface area contributed by atoms with Gasteiger partial charge in [0.05, 0.1) is 16.6 Å². The molecule has 2 bridgehead atoms. The molecule has 3 heterocycles. The minimum atomic E-state index is -0.553. The van der Waals surface area contributed by atoms with Crippen LogP contribution in [-0.2, 0) is 14.4 Å². The van der Waals surface area contributed by atoms with Crippen molar-refractivity contribution in [3.8, 4) is 0 Å². The summed E-state index contributed by atoms with van der Waals surface area (Å²) in [5.41, 5.74) is 0.725. The van der Waals surface area contributed by atoms with E-state index >= 15 is 0 Å². The first-order valence-electron chi connectivity index (χ1n) is 12.7. The zero-order chi connectivity index (χ0) is 24.3. The molecule has 0 aromatic heterocycles. The van der Waals surface area contributed by atoms with Gasteiger partial charge < -0.3 is 20.6 Å². The summed E-state index contributed by atoms with van der Waals surface area (Å²) in [6.07, 6.45) is 5.69. The summed E-state index contributed by atoms with van der Waals surface area (Å²) in [6, 6.07) is 8.84. The lowest BCUT2D eigenvalue weighted by atomic mass is 9.70. The van der Waals surface area contributed by atoms with Crippen LogP contribution in [0.1, 0.15) is 58.8 Å². The Morgan fingerprint density at radius 3 is 2.68 bits per heavy atom. The highest BCUT2D eigenvalue weighted by Gasteiger charge is 2.73. The summed E-state index contributed by atoms with van der Waals surface area (Å²) >= 11 is 1.70. The number of nitrogens with one attached hydrogen (secondary N) is 2. The van der Waals surface area contributed by atoms with E-state index < -0.39 is 22.6 Å². The van der Waals surface area contributed by atoms with Crippen LogP contribution in [0.4, 0.5) is 5.69 Å². The molecule has 0 aliphatic carbocycles. The highest BCUT2D eigenvalue weighted by Crippen LogP contribution is 2.66. The van der Waals surface area contributed by atoms with E-state index in [1.165, 1.54) is 0 Å². The standard InChI is InChI=1S/C26H37N3O4S/c1-3-10-17(2)27-24(32)22-26-14-13-19(34-26)20(23(31)28-18-11-6-4-7-12-18)21(26)25(33)29(22)15-8-5-9-16-30/h4,6-7,11-12,17,19-22,30H,3,5,8-10,13-16H2,1-2H3,(H,27,32)(H,28,31)/t17?,19-,20+,21+,22?,26?/m1/s1. The quantitative estimate of drug-likeness (QED) is 0.417. The largest absolute Gasteiger partial charge is 0.396 e. The number of anilines is 1. The normalized spacial score (nSPS) is 30.3. The number of thioether (sulfide) groups is 1. The number of likely N-dealkylation sites (tertiary alicyclic amines) is 1. The molecule has 3 N–H and O–H groups in total. The van der Waals surface area contributed by atoms with Crippen LogP contribution in [0.2, 0.25) is 0 Å². The predicted octanol–water partition coefficient (Wildman–Crippen LogP) is 3.18. The number of carbonyl (C=O) groups excluding carboxylic acids is 3. The molecule has 3 saturated heterocycles. The molecule has 3 aliphatic heterocycles. The third kappa shape index (κ3) is 4.59. The summed E-state index contributed by atoms with van der Waals surface area (Å²) < 4.78 is -0.548. The van der Waals surface area contributed by atoms with Crippen molar-refractivity contribution in [3.63, 3.8) is 0 Å². The highest BCUT2D eigenvalue weighted by atomic mass is 32.2. The van der Waals surface area contributed by atoms with Crippen LogP contribution in [0, 0.1) is 11.8 Å². The van der Waals surface area contributed by atoms with Gasteiger partial charge in [-0.25, -0.2) is 0 Å². The van der Waals surface area contributed by atoms with Gasteiger partial charge in [0.25, 0.3) is 0 Å². The molecular weight excluding hydrogens is 450 g/mol. The van der Waals surface area contributed by atoms with Crippen molar-refractivity contribution >= 4 is 35.2 Å². The minimum Gasteiger partial charge on any atom is -0.396 e. The van der Waals surface area contributed by atoms with Crippen molar-refractivity contribution in [2.45, 2.75) is 80.9 Å². The fourth-order valence-electron chi connectivity index (χ4n) is 6.14. The van der Waals surface area contributed by atoms with E-state index in [2.05, 4.69) is 17.6 Å². The minimum absolute atomic E-state index is 0.0417. The topological polar surface area (TPSA) is 98.7 Å². The van der Waals surface area contributed by atoms with E-state index in [0.29, 0.717) is 13.0 Å². The molecule has 3 fully saturated rings. The molecule has 6 atom stereocenters. The van der Waals surface area contributed by atoms with Gasteiger partial charge in [0.15, 0.2) is 0 Å². The molecule has 34 heavy (non-hydrogen) atoms. The van der Waals surface area contributed by atoms with Gasteiger partial charge in [-0.05, 0) is 57.6 Å². The number of amides is 3. The van der Waals surface area contributed by atoms with E-state index in [0.717, 1.165) is 44.2 Å². The third-order valence-electron chi connectivity index (χ3n) is 7.56. The first kappa shape index (κ1) is 25.0. The van der Waals surface area contributed by atoms with Crippen LogP contribution in [0.5, 0.6) is 0 Å². The molecule has 3 amide bonds. The lowest BCUT2D eigenvalue weighted by Gasteiger charge is -2.35. The number of para-hydroxylation sites is 1. The monoisotopic (exact) mass is 487 g/mol. The Morgan fingerprint density at radius 1 is 1.21 bits per heavy atom. The van der Waals surface area contributed by atoms with E-state index in [1.807, 2.05) is 37.3 Å².